The van der Waals surface area contributed by atoms with Crippen LogP contribution in [0.15, 0.2) is 54.9 Å². The van der Waals surface area contributed by atoms with E-state index in [-0.39, 0.29) is 12.1 Å². The highest BCUT2D eigenvalue weighted by atomic mass is 19.4. The SMILES string of the molecule is CCNCc1cc(C(=O)Nc2ccc(C)c(Nc3cc(C)nn3-c3cc(NC)ncn3)c2)cc(C(F)(F)F)c1. The monoisotopic (exact) mass is 538 g/mol. The summed E-state index contributed by atoms with van der Waals surface area (Å²) in [4.78, 5) is 21.5. The van der Waals surface area contributed by atoms with Crippen LogP contribution in [-0.2, 0) is 12.7 Å². The fraction of sp³-hybridized carbons (Fsp3) is 0.259. The molecule has 0 unspecified atom stereocenters. The van der Waals surface area contributed by atoms with E-state index in [0.717, 1.165) is 23.4 Å². The smallest absolute Gasteiger partial charge is 0.373 e. The number of hydrogen-bond acceptors (Lipinski definition) is 7. The molecule has 0 aliphatic heterocycles. The van der Waals surface area contributed by atoms with Gasteiger partial charge in [-0.25, -0.2) is 9.97 Å². The van der Waals surface area contributed by atoms with Gasteiger partial charge < -0.3 is 21.3 Å². The summed E-state index contributed by atoms with van der Waals surface area (Å²) in [5, 5.41) is 16.5. The first-order valence-electron chi connectivity index (χ1n) is 12.2. The molecular weight excluding hydrogens is 509 g/mol. The molecule has 0 bridgehead atoms. The second kappa shape index (κ2) is 11.5. The number of nitrogens with one attached hydrogen (secondary N) is 4. The lowest BCUT2D eigenvalue weighted by Crippen LogP contribution is -2.17. The van der Waals surface area contributed by atoms with Gasteiger partial charge in [-0.05, 0) is 61.9 Å². The summed E-state index contributed by atoms with van der Waals surface area (Å²) in [5.74, 6) is 1.16. The molecule has 0 spiro atoms. The quantitative estimate of drug-likeness (QED) is 0.225. The Morgan fingerprint density at radius 2 is 1.82 bits per heavy atom. The Bertz CT molecular complexity index is 1480. The van der Waals surface area contributed by atoms with Crippen LogP contribution in [0.5, 0.6) is 0 Å². The third kappa shape index (κ3) is 6.71. The lowest BCUT2D eigenvalue weighted by molar-refractivity contribution is -0.137. The Kier molecular flexibility index (Phi) is 8.15. The summed E-state index contributed by atoms with van der Waals surface area (Å²) in [7, 11) is 1.75. The van der Waals surface area contributed by atoms with Crippen LogP contribution in [0, 0.1) is 13.8 Å². The molecule has 4 aromatic rings. The van der Waals surface area contributed by atoms with E-state index >= 15 is 0 Å². The van der Waals surface area contributed by atoms with Crippen LogP contribution in [0.2, 0.25) is 0 Å². The standard InChI is InChI=1S/C27H29F3N8O/c1-5-32-14-18-9-19(11-20(10-18)27(28,29)30)26(39)35-21-7-6-16(2)22(12-21)36-25-8-17(3)37-38(25)24-13-23(31-4)33-15-34-24/h6-13,15,32,36H,5,14H2,1-4H3,(H,35,39)(H,31,33,34). The number of alkyl halides is 3. The third-order valence-corrected chi connectivity index (χ3v) is 5.88. The highest BCUT2D eigenvalue weighted by Gasteiger charge is 2.31. The van der Waals surface area contributed by atoms with Crippen LogP contribution in [0.4, 0.5) is 36.2 Å². The van der Waals surface area contributed by atoms with Gasteiger partial charge in [-0.15, -0.1) is 0 Å². The number of nitrogens with zero attached hydrogens (tertiary/aromatic N) is 4. The molecule has 2 aromatic carbocycles. The van der Waals surface area contributed by atoms with Crippen LogP contribution in [0.25, 0.3) is 5.82 Å². The molecule has 0 aliphatic rings. The highest BCUT2D eigenvalue weighted by Crippen LogP contribution is 2.31. The van der Waals surface area contributed by atoms with Gasteiger partial charge in [0.2, 0.25) is 0 Å². The highest BCUT2D eigenvalue weighted by molar-refractivity contribution is 6.04. The number of benzene rings is 2. The number of hydrogen-bond donors (Lipinski definition) is 4. The van der Waals surface area contributed by atoms with Crippen LogP contribution >= 0.6 is 0 Å². The molecule has 4 rings (SSSR count). The van der Waals surface area contributed by atoms with Gasteiger partial charge in [0.15, 0.2) is 5.82 Å². The minimum Gasteiger partial charge on any atom is -0.373 e. The molecule has 12 heteroatoms. The van der Waals surface area contributed by atoms with Gasteiger partial charge in [0.1, 0.15) is 18.0 Å². The Balaban J connectivity index is 1.60. The van der Waals surface area contributed by atoms with E-state index in [1.807, 2.05) is 26.8 Å². The molecule has 0 saturated carbocycles. The van der Waals surface area contributed by atoms with Crippen molar-refractivity contribution in [3.05, 3.63) is 82.8 Å². The van der Waals surface area contributed by atoms with Crippen LogP contribution in [0.3, 0.4) is 0 Å². The molecule has 39 heavy (non-hydrogen) atoms. The van der Waals surface area contributed by atoms with Crippen molar-refractivity contribution in [2.45, 2.75) is 33.5 Å². The molecule has 0 aliphatic carbocycles. The minimum atomic E-state index is -4.57. The summed E-state index contributed by atoms with van der Waals surface area (Å²) < 4.78 is 42.1. The summed E-state index contributed by atoms with van der Waals surface area (Å²) in [6.07, 6.45) is -3.14. The van der Waals surface area contributed by atoms with Crippen molar-refractivity contribution in [3.8, 4) is 5.82 Å². The van der Waals surface area contributed by atoms with Crippen LogP contribution < -0.4 is 21.3 Å². The summed E-state index contributed by atoms with van der Waals surface area (Å²) in [6, 6.07) is 12.2. The second-order valence-corrected chi connectivity index (χ2v) is 8.90. The number of halogens is 3. The number of anilines is 4. The molecule has 4 N–H and O–H groups in total. The molecule has 0 saturated heterocycles. The van der Waals surface area contributed by atoms with Gasteiger partial charge in [-0.1, -0.05) is 13.0 Å². The third-order valence-electron chi connectivity index (χ3n) is 5.88. The number of carbonyl (C=O) groups excluding carboxylic acids is 1. The zero-order valence-corrected chi connectivity index (χ0v) is 21.9. The van der Waals surface area contributed by atoms with E-state index in [0.29, 0.717) is 40.9 Å². The van der Waals surface area contributed by atoms with Gasteiger partial charge in [0.25, 0.3) is 5.91 Å². The maximum Gasteiger partial charge on any atom is 0.416 e. The molecule has 0 fully saturated rings. The van der Waals surface area contributed by atoms with Crippen molar-refractivity contribution < 1.29 is 18.0 Å². The average Bonchev–Trinajstić information content (AvgIpc) is 3.28. The molecule has 9 nitrogen and oxygen atoms in total. The van der Waals surface area contributed by atoms with Gasteiger partial charge in [0.05, 0.1) is 11.3 Å². The molecule has 204 valence electrons. The molecule has 2 aromatic heterocycles. The fourth-order valence-corrected chi connectivity index (χ4v) is 3.90. The average molecular weight is 539 g/mol. The van der Waals surface area contributed by atoms with E-state index in [4.69, 9.17) is 0 Å². The van der Waals surface area contributed by atoms with Gasteiger partial charge in [-0.2, -0.15) is 23.0 Å². The maximum atomic E-state index is 13.5. The Morgan fingerprint density at radius 1 is 1.03 bits per heavy atom. The number of aryl methyl sites for hydroxylation is 2. The second-order valence-electron chi connectivity index (χ2n) is 8.90. The zero-order chi connectivity index (χ0) is 28.2. The van der Waals surface area contributed by atoms with Crippen molar-refractivity contribution in [3.63, 3.8) is 0 Å². The zero-order valence-electron chi connectivity index (χ0n) is 21.9. The Hall–Kier alpha value is -4.45. The number of aromatic nitrogens is 4. The van der Waals surface area contributed by atoms with Crippen molar-refractivity contribution in [1.82, 2.24) is 25.1 Å². The fourth-order valence-electron chi connectivity index (χ4n) is 3.90. The van der Waals surface area contributed by atoms with Gasteiger partial charge in [0, 0.05) is 42.7 Å². The van der Waals surface area contributed by atoms with Crippen LogP contribution in [0.1, 0.15) is 39.7 Å². The first-order valence-corrected chi connectivity index (χ1v) is 12.2. The van der Waals surface area contributed by atoms with E-state index in [1.165, 1.54) is 12.4 Å². The topological polar surface area (TPSA) is 109 Å². The first-order chi connectivity index (χ1) is 18.6. The van der Waals surface area contributed by atoms with E-state index < -0.39 is 17.6 Å². The summed E-state index contributed by atoms with van der Waals surface area (Å²) in [6.45, 7) is 6.40. The van der Waals surface area contributed by atoms with Crippen molar-refractivity contribution in [2.24, 2.45) is 0 Å². The predicted molar refractivity (Wildman–Crippen MR) is 145 cm³/mol. The summed E-state index contributed by atoms with van der Waals surface area (Å²) in [5.41, 5.74) is 2.15. The largest absolute Gasteiger partial charge is 0.416 e. The van der Waals surface area contributed by atoms with Crippen molar-refractivity contribution >= 4 is 28.9 Å². The number of carbonyl (C=O) groups is 1. The molecule has 0 atom stereocenters. The van der Waals surface area contributed by atoms with Gasteiger partial charge >= 0.3 is 6.18 Å². The maximum absolute atomic E-state index is 13.5. The van der Waals surface area contributed by atoms with E-state index in [1.54, 1.807) is 36.0 Å². The van der Waals surface area contributed by atoms with Crippen molar-refractivity contribution in [2.75, 3.05) is 29.5 Å². The van der Waals surface area contributed by atoms with Crippen molar-refractivity contribution in [1.29, 1.82) is 0 Å². The normalized spacial score (nSPS) is 11.4. The lowest BCUT2D eigenvalue weighted by Gasteiger charge is -2.15. The number of amides is 1. The molecular formula is C27H29F3N8O. The first kappa shape index (κ1) is 27.6. The Labute approximate surface area is 223 Å². The lowest BCUT2D eigenvalue weighted by atomic mass is 10.0. The van der Waals surface area contributed by atoms with Crippen LogP contribution in [-0.4, -0.2) is 39.2 Å². The minimum absolute atomic E-state index is 0.0781. The predicted octanol–water partition coefficient (Wildman–Crippen LogP) is 5.45. The van der Waals surface area contributed by atoms with E-state index in [2.05, 4.69) is 36.3 Å². The van der Waals surface area contributed by atoms with Gasteiger partial charge in [-0.3, -0.25) is 4.79 Å². The Morgan fingerprint density at radius 3 is 2.54 bits per heavy atom. The molecule has 1 amide bonds. The number of rotatable bonds is 9. The molecule has 2 heterocycles. The van der Waals surface area contributed by atoms with E-state index in [9.17, 15) is 18.0 Å². The summed E-state index contributed by atoms with van der Waals surface area (Å²) >= 11 is 0. The molecule has 0 radical (unpaired) electrons.